The molecule has 0 aliphatic heterocycles. The monoisotopic (exact) mass is 599 g/mol. The van der Waals surface area contributed by atoms with Crippen LogP contribution in [0.1, 0.15) is 92.8 Å². The summed E-state index contributed by atoms with van der Waals surface area (Å²) in [7, 11) is 0. The molecule has 2 atom stereocenters. The van der Waals surface area contributed by atoms with Gasteiger partial charge in [-0.1, -0.05) is 87.4 Å². The normalized spacial score (nSPS) is 13.5. The van der Waals surface area contributed by atoms with Crippen LogP contribution < -0.4 is 10.7 Å². The third kappa shape index (κ3) is 8.26. The van der Waals surface area contributed by atoms with Gasteiger partial charge in [0.15, 0.2) is 0 Å². The van der Waals surface area contributed by atoms with E-state index < -0.39 is 6.09 Å². The van der Waals surface area contributed by atoms with Gasteiger partial charge < -0.3 is 14.8 Å². The average molecular weight is 600 g/mol. The summed E-state index contributed by atoms with van der Waals surface area (Å²) in [5.41, 5.74) is 9.23. The van der Waals surface area contributed by atoms with Gasteiger partial charge in [-0.25, -0.2) is 9.80 Å². The molecule has 0 fully saturated rings. The Labute approximate surface area is 261 Å². The van der Waals surface area contributed by atoms with E-state index in [0.29, 0.717) is 18.7 Å². The number of fused-ring (bicyclic) bond motifs is 3. The smallest absolute Gasteiger partial charge is 0.422 e. The number of ether oxygens (including phenoxy) is 2. The van der Waals surface area contributed by atoms with Crippen molar-refractivity contribution in [1.82, 2.24) is 15.8 Å². The fourth-order valence-corrected chi connectivity index (χ4v) is 5.93. The van der Waals surface area contributed by atoms with Gasteiger partial charge in [-0.3, -0.25) is 15.0 Å². The Morgan fingerprint density at radius 3 is 2.11 bits per heavy atom. The Morgan fingerprint density at radius 1 is 0.886 bits per heavy atom. The van der Waals surface area contributed by atoms with Crippen molar-refractivity contribution >= 4 is 18.0 Å². The lowest BCUT2D eigenvalue weighted by atomic mass is 9.92. The summed E-state index contributed by atoms with van der Waals surface area (Å²) in [6.07, 6.45) is 3.18. The molecule has 234 valence electrons. The summed E-state index contributed by atoms with van der Waals surface area (Å²) in [6, 6.07) is 24.1. The summed E-state index contributed by atoms with van der Waals surface area (Å²) in [5.74, 6) is -0.632. The highest BCUT2D eigenvalue weighted by Crippen LogP contribution is 2.46. The molecule has 2 unspecified atom stereocenters. The van der Waals surface area contributed by atoms with E-state index in [2.05, 4.69) is 48.9 Å². The highest BCUT2D eigenvalue weighted by atomic mass is 16.6. The van der Waals surface area contributed by atoms with E-state index in [0.717, 1.165) is 31.2 Å². The van der Waals surface area contributed by atoms with Crippen LogP contribution in [0.3, 0.4) is 0 Å². The van der Waals surface area contributed by atoms with Crippen molar-refractivity contribution in [2.45, 2.75) is 84.4 Å². The summed E-state index contributed by atoms with van der Waals surface area (Å²) < 4.78 is 11.0. The van der Waals surface area contributed by atoms with E-state index in [1.807, 2.05) is 48.3 Å². The maximum Gasteiger partial charge on any atom is 0.422 e. The molecular formula is C36H45N3O5. The second-order valence-electron chi connectivity index (χ2n) is 11.2. The van der Waals surface area contributed by atoms with E-state index in [4.69, 9.17) is 9.47 Å². The van der Waals surface area contributed by atoms with Crippen LogP contribution in [-0.4, -0.2) is 48.3 Å². The molecule has 44 heavy (non-hydrogen) atoms. The molecule has 3 aromatic carbocycles. The number of unbranched alkanes of at least 4 members (excludes halogenated alkanes) is 1. The topological polar surface area (TPSA) is 97.0 Å². The molecule has 2 amide bonds. The van der Waals surface area contributed by atoms with Crippen LogP contribution in [-0.2, 0) is 20.8 Å². The fourth-order valence-electron chi connectivity index (χ4n) is 5.93. The van der Waals surface area contributed by atoms with Crippen LogP contribution in [0.4, 0.5) is 4.79 Å². The van der Waals surface area contributed by atoms with Crippen LogP contribution in [0, 0.1) is 0 Å². The molecule has 1 aliphatic rings. The number of carbonyl (C=O) groups is 3. The van der Waals surface area contributed by atoms with E-state index in [1.165, 1.54) is 22.3 Å². The van der Waals surface area contributed by atoms with Crippen molar-refractivity contribution < 1.29 is 23.9 Å². The first kappa shape index (κ1) is 32.7. The number of nitrogens with one attached hydrogen (secondary N) is 2. The summed E-state index contributed by atoms with van der Waals surface area (Å²) in [4.78, 5) is 37.5. The molecule has 8 heteroatoms. The second-order valence-corrected chi connectivity index (χ2v) is 11.2. The lowest BCUT2D eigenvalue weighted by Gasteiger charge is -2.32. The van der Waals surface area contributed by atoms with E-state index in [-0.39, 0.29) is 42.9 Å². The van der Waals surface area contributed by atoms with Gasteiger partial charge in [-0.15, -0.1) is 0 Å². The lowest BCUT2D eigenvalue weighted by molar-refractivity contribution is -0.142. The molecule has 0 saturated heterocycles. The minimum absolute atomic E-state index is 0.0420. The van der Waals surface area contributed by atoms with Crippen molar-refractivity contribution in [2.24, 2.45) is 0 Å². The standard InChI is InChI=1S/C36H45N3O5/c1-5-8-13-28(6-2)39(24-26-18-20-27(21-19-26)35(41)37-23-22-33(40)43-7-3)38-36(42)44-25(4)34-31-16-11-9-14-29(31)30-15-10-12-17-32(30)34/h9-12,14-21,25,28,34H,5-8,13,22-24H2,1-4H3,(H,37,41)(H,38,42). The van der Waals surface area contributed by atoms with E-state index in [9.17, 15) is 14.4 Å². The predicted octanol–water partition coefficient (Wildman–Crippen LogP) is 6.98. The Hall–Kier alpha value is -4.17. The first-order chi connectivity index (χ1) is 21.4. The van der Waals surface area contributed by atoms with Gasteiger partial charge in [0.25, 0.3) is 5.91 Å². The first-order valence-electron chi connectivity index (χ1n) is 15.8. The Balaban J connectivity index is 1.42. The predicted molar refractivity (Wildman–Crippen MR) is 172 cm³/mol. The molecule has 0 saturated carbocycles. The number of carbonyl (C=O) groups excluding carboxylic acids is 3. The molecule has 0 heterocycles. The number of rotatable bonds is 15. The number of hydrogen-bond acceptors (Lipinski definition) is 6. The Morgan fingerprint density at radius 2 is 1.52 bits per heavy atom. The Bertz CT molecular complexity index is 1360. The molecule has 0 spiro atoms. The quantitative estimate of drug-likeness (QED) is 0.145. The van der Waals surface area contributed by atoms with Gasteiger partial charge in [-0.05, 0) is 66.6 Å². The van der Waals surface area contributed by atoms with Gasteiger partial charge in [0.1, 0.15) is 6.10 Å². The van der Waals surface area contributed by atoms with Crippen LogP contribution in [0.5, 0.6) is 0 Å². The van der Waals surface area contributed by atoms with Gasteiger partial charge in [0.2, 0.25) is 0 Å². The number of hydrazine groups is 1. The summed E-state index contributed by atoms with van der Waals surface area (Å²) >= 11 is 0. The third-order valence-electron chi connectivity index (χ3n) is 8.17. The van der Waals surface area contributed by atoms with Crippen molar-refractivity contribution in [3.63, 3.8) is 0 Å². The van der Waals surface area contributed by atoms with Crippen molar-refractivity contribution in [3.05, 3.63) is 95.1 Å². The highest BCUT2D eigenvalue weighted by molar-refractivity contribution is 5.94. The molecule has 2 N–H and O–H groups in total. The first-order valence-corrected chi connectivity index (χ1v) is 15.8. The van der Waals surface area contributed by atoms with Crippen molar-refractivity contribution in [1.29, 1.82) is 0 Å². The van der Waals surface area contributed by atoms with Crippen LogP contribution in [0.15, 0.2) is 72.8 Å². The molecule has 0 radical (unpaired) electrons. The SMILES string of the molecule is CCCCC(CC)N(Cc1ccc(C(=O)NCCC(=O)OCC)cc1)NC(=O)OC(C)C1c2ccccc2-c2ccccc21. The van der Waals surface area contributed by atoms with Gasteiger partial charge in [-0.2, -0.15) is 0 Å². The third-order valence-corrected chi connectivity index (χ3v) is 8.17. The summed E-state index contributed by atoms with van der Waals surface area (Å²) in [5, 5.41) is 4.72. The molecule has 8 nitrogen and oxygen atoms in total. The lowest BCUT2D eigenvalue weighted by Crippen LogP contribution is -2.48. The van der Waals surface area contributed by atoms with E-state index >= 15 is 0 Å². The fraction of sp³-hybridized carbons (Fsp3) is 0.417. The second kappa shape index (κ2) is 16.1. The summed E-state index contributed by atoms with van der Waals surface area (Å²) in [6.45, 7) is 8.99. The number of amides is 2. The maximum atomic E-state index is 13.4. The number of nitrogens with zero attached hydrogens (tertiary/aromatic N) is 1. The number of esters is 1. The minimum Gasteiger partial charge on any atom is -0.466 e. The molecular weight excluding hydrogens is 554 g/mol. The van der Waals surface area contributed by atoms with Crippen LogP contribution >= 0.6 is 0 Å². The molecule has 3 aromatic rings. The van der Waals surface area contributed by atoms with Crippen LogP contribution in [0.25, 0.3) is 11.1 Å². The largest absolute Gasteiger partial charge is 0.466 e. The highest BCUT2D eigenvalue weighted by Gasteiger charge is 2.34. The maximum absolute atomic E-state index is 13.4. The molecule has 0 bridgehead atoms. The van der Waals surface area contributed by atoms with Crippen LogP contribution in [0.2, 0.25) is 0 Å². The van der Waals surface area contributed by atoms with Gasteiger partial charge in [0.05, 0.1) is 13.0 Å². The van der Waals surface area contributed by atoms with E-state index in [1.54, 1.807) is 19.1 Å². The molecule has 4 rings (SSSR count). The van der Waals surface area contributed by atoms with Crippen molar-refractivity contribution in [2.75, 3.05) is 13.2 Å². The van der Waals surface area contributed by atoms with Gasteiger partial charge >= 0.3 is 12.1 Å². The average Bonchev–Trinajstić information content (AvgIpc) is 3.36. The zero-order valence-corrected chi connectivity index (χ0v) is 26.3. The number of hydrogen-bond donors (Lipinski definition) is 2. The minimum atomic E-state index is -0.480. The zero-order valence-electron chi connectivity index (χ0n) is 26.3. The van der Waals surface area contributed by atoms with Crippen molar-refractivity contribution in [3.8, 4) is 11.1 Å². The number of benzene rings is 3. The zero-order chi connectivity index (χ0) is 31.5. The molecule has 0 aromatic heterocycles. The Kier molecular flexibility index (Phi) is 11.9. The van der Waals surface area contributed by atoms with Gasteiger partial charge in [0, 0.05) is 30.6 Å². The molecule has 1 aliphatic carbocycles.